The summed E-state index contributed by atoms with van der Waals surface area (Å²) < 4.78 is 5.72. The molecule has 2 heterocycles. The van der Waals surface area contributed by atoms with E-state index in [-0.39, 0.29) is 0 Å². The highest BCUT2D eigenvalue weighted by Crippen LogP contribution is 2.29. The molecule has 1 unspecified atom stereocenters. The first-order valence-corrected chi connectivity index (χ1v) is 8.28. The first-order valence-electron chi connectivity index (χ1n) is 8.28. The third kappa shape index (κ3) is 4.42. The van der Waals surface area contributed by atoms with Gasteiger partial charge in [0.2, 0.25) is 0 Å². The van der Waals surface area contributed by atoms with Gasteiger partial charge >= 0.3 is 0 Å². The highest BCUT2D eigenvalue weighted by atomic mass is 16.5. The van der Waals surface area contributed by atoms with Crippen LogP contribution in [0.25, 0.3) is 0 Å². The third-order valence-corrected chi connectivity index (χ3v) is 4.77. The second-order valence-electron chi connectivity index (χ2n) is 7.24. The minimum Gasteiger partial charge on any atom is -0.381 e. The van der Waals surface area contributed by atoms with Crippen molar-refractivity contribution in [1.29, 1.82) is 0 Å². The first-order chi connectivity index (χ1) is 9.51. The lowest BCUT2D eigenvalue weighted by atomic mass is 9.86. The zero-order chi connectivity index (χ0) is 14.6. The molecule has 2 saturated heterocycles. The van der Waals surface area contributed by atoms with Crippen LogP contribution in [-0.4, -0.2) is 74.4 Å². The van der Waals surface area contributed by atoms with Gasteiger partial charge < -0.3 is 15.0 Å². The lowest BCUT2D eigenvalue weighted by Gasteiger charge is -2.41. The maximum absolute atomic E-state index is 5.72. The van der Waals surface area contributed by atoms with Crippen LogP contribution >= 0.6 is 0 Å². The van der Waals surface area contributed by atoms with Gasteiger partial charge in [0.05, 0.1) is 6.61 Å². The van der Waals surface area contributed by atoms with Crippen molar-refractivity contribution in [2.24, 2.45) is 5.41 Å². The molecule has 0 amide bonds. The topological polar surface area (TPSA) is 27.7 Å². The van der Waals surface area contributed by atoms with Crippen molar-refractivity contribution in [3.8, 4) is 0 Å². The molecule has 2 aliphatic heterocycles. The molecule has 0 bridgehead atoms. The number of rotatable bonds is 6. The number of nitrogens with zero attached hydrogens (tertiary/aromatic N) is 2. The molecule has 2 fully saturated rings. The van der Waals surface area contributed by atoms with E-state index in [9.17, 15) is 0 Å². The van der Waals surface area contributed by atoms with E-state index < -0.39 is 0 Å². The van der Waals surface area contributed by atoms with Gasteiger partial charge in [-0.1, -0.05) is 13.8 Å². The predicted molar refractivity (Wildman–Crippen MR) is 84.2 cm³/mol. The maximum atomic E-state index is 5.72. The van der Waals surface area contributed by atoms with Crippen LogP contribution in [0.4, 0.5) is 0 Å². The SMILES string of the molecule is CC(C)NCC1(CN2CCN(C(C)C)CC2)CCOC1. The van der Waals surface area contributed by atoms with Gasteiger partial charge in [-0.2, -0.15) is 0 Å². The zero-order valence-electron chi connectivity index (χ0n) is 13.8. The predicted octanol–water partition coefficient (Wildman–Crippen LogP) is 1.42. The van der Waals surface area contributed by atoms with E-state index in [1.807, 2.05) is 0 Å². The molecule has 1 atom stereocenters. The number of hydrogen-bond acceptors (Lipinski definition) is 4. The van der Waals surface area contributed by atoms with Gasteiger partial charge in [-0.05, 0) is 20.3 Å². The van der Waals surface area contributed by atoms with Crippen LogP contribution in [0.2, 0.25) is 0 Å². The van der Waals surface area contributed by atoms with E-state index >= 15 is 0 Å². The molecule has 2 aliphatic rings. The van der Waals surface area contributed by atoms with Crippen LogP contribution in [0.1, 0.15) is 34.1 Å². The fraction of sp³-hybridized carbons (Fsp3) is 1.00. The molecular formula is C16H33N3O. The van der Waals surface area contributed by atoms with Crippen LogP contribution in [0.15, 0.2) is 0 Å². The van der Waals surface area contributed by atoms with Crippen molar-refractivity contribution >= 4 is 0 Å². The molecule has 20 heavy (non-hydrogen) atoms. The Balaban J connectivity index is 1.83. The molecule has 0 aromatic rings. The van der Waals surface area contributed by atoms with Gasteiger partial charge in [-0.3, -0.25) is 4.90 Å². The highest BCUT2D eigenvalue weighted by molar-refractivity contribution is 4.90. The average molecular weight is 283 g/mol. The summed E-state index contributed by atoms with van der Waals surface area (Å²) in [6.45, 7) is 18.1. The molecule has 0 aromatic heterocycles. The Morgan fingerprint density at radius 3 is 2.30 bits per heavy atom. The first kappa shape index (κ1) is 16.2. The third-order valence-electron chi connectivity index (χ3n) is 4.77. The fourth-order valence-electron chi connectivity index (χ4n) is 3.30. The summed E-state index contributed by atoms with van der Waals surface area (Å²) in [5.41, 5.74) is 0.338. The standard InChI is InChI=1S/C16H33N3O/c1-14(2)17-11-16(5-10-20-13-16)12-18-6-8-19(9-7-18)15(3)4/h14-15,17H,5-13H2,1-4H3. The van der Waals surface area contributed by atoms with E-state index in [0.717, 1.165) is 19.8 Å². The molecule has 0 aromatic carbocycles. The van der Waals surface area contributed by atoms with Crippen molar-refractivity contribution in [2.75, 3.05) is 52.5 Å². The van der Waals surface area contributed by atoms with Crippen LogP contribution in [0.5, 0.6) is 0 Å². The van der Waals surface area contributed by atoms with Gasteiger partial charge in [0.1, 0.15) is 0 Å². The van der Waals surface area contributed by atoms with E-state index in [1.165, 1.54) is 39.1 Å². The van der Waals surface area contributed by atoms with Gasteiger partial charge in [-0.25, -0.2) is 0 Å². The van der Waals surface area contributed by atoms with E-state index in [2.05, 4.69) is 42.8 Å². The minimum absolute atomic E-state index is 0.338. The second-order valence-corrected chi connectivity index (χ2v) is 7.24. The van der Waals surface area contributed by atoms with Gasteiger partial charge in [-0.15, -0.1) is 0 Å². The monoisotopic (exact) mass is 283 g/mol. The van der Waals surface area contributed by atoms with Gasteiger partial charge in [0, 0.05) is 63.4 Å². The summed E-state index contributed by atoms with van der Waals surface area (Å²) in [6.07, 6.45) is 1.21. The van der Waals surface area contributed by atoms with Crippen molar-refractivity contribution in [2.45, 2.75) is 46.2 Å². The Hall–Kier alpha value is -0.160. The van der Waals surface area contributed by atoms with E-state index in [1.54, 1.807) is 0 Å². The Bertz CT molecular complexity index is 279. The Morgan fingerprint density at radius 2 is 1.80 bits per heavy atom. The molecule has 0 spiro atoms. The normalized spacial score (nSPS) is 29.7. The summed E-state index contributed by atoms with van der Waals surface area (Å²) >= 11 is 0. The zero-order valence-corrected chi connectivity index (χ0v) is 13.8. The molecule has 1 N–H and O–H groups in total. The molecule has 0 saturated carbocycles. The molecule has 118 valence electrons. The second kappa shape index (κ2) is 7.21. The minimum atomic E-state index is 0.338. The summed E-state index contributed by atoms with van der Waals surface area (Å²) in [6, 6.07) is 1.24. The Labute approximate surface area is 124 Å². The lowest BCUT2D eigenvalue weighted by molar-refractivity contribution is 0.0601. The molecule has 0 radical (unpaired) electrons. The average Bonchev–Trinajstić information content (AvgIpc) is 2.86. The Kier molecular flexibility index (Phi) is 5.84. The smallest absolute Gasteiger partial charge is 0.0547 e. The number of hydrogen-bond donors (Lipinski definition) is 1. The summed E-state index contributed by atoms with van der Waals surface area (Å²) in [5.74, 6) is 0. The Morgan fingerprint density at radius 1 is 1.10 bits per heavy atom. The van der Waals surface area contributed by atoms with Crippen molar-refractivity contribution in [1.82, 2.24) is 15.1 Å². The molecular weight excluding hydrogens is 250 g/mol. The number of piperazine rings is 1. The molecule has 0 aliphatic carbocycles. The van der Waals surface area contributed by atoms with Gasteiger partial charge in [0.25, 0.3) is 0 Å². The maximum Gasteiger partial charge on any atom is 0.0547 e. The van der Waals surface area contributed by atoms with E-state index in [4.69, 9.17) is 4.74 Å². The quantitative estimate of drug-likeness (QED) is 0.798. The molecule has 2 rings (SSSR count). The van der Waals surface area contributed by atoms with Crippen molar-refractivity contribution in [3.63, 3.8) is 0 Å². The van der Waals surface area contributed by atoms with Crippen LogP contribution in [-0.2, 0) is 4.74 Å². The highest BCUT2D eigenvalue weighted by Gasteiger charge is 2.37. The summed E-state index contributed by atoms with van der Waals surface area (Å²) in [7, 11) is 0. The van der Waals surface area contributed by atoms with Gasteiger partial charge in [0.15, 0.2) is 0 Å². The molecule has 4 nitrogen and oxygen atoms in total. The molecule has 4 heteroatoms. The van der Waals surface area contributed by atoms with Crippen molar-refractivity contribution in [3.05, 3.63) is 0 Å². The fourth-order valence-corrected chi connectivity index (χ4v) is 3.30. The summed E-state index contributed by atoms with van der Waals surface area (Å²) in [4.78, 5) is 5.23. The number of ether oxygens (including phenoxy) is 1. The summed E-state index contributed by atoms with van der Waals surface area (Å²) in [5, 5.41) is 3.63. The van der Waals surface area contributed by atoms with Crippen LogP contribution in [0, 0.1) is 5.41 Å². The number of nitrogens with one attached hydrogen (secondary N) is 1. The van der Waals surface area contributed by atoms with Crippen molar-refractivity contribution < 1.29 is 4.74 Å². The van der Waals surface area contributed by atoms with E-state index in [0.29, 0.717) is 17.5 Å². The lowest BCUT2D eigenvalue weighted by Crippen LogP contribution is -2.53. The van der Waals surface area contributed by atoms with Crippen LogP contribution in [0.3, 0.4) is 0 Å². The van der Waals surface area contributed by atoms with Crippen LogP contribution < -0.4 is 5.32 Å². The largest absolute Gasteiger partial charge is 0.381 e.